The van der Waals surface area contributed by atoms with Crippen molar-refractivity contribution in [2.45, 2.75) is 38.6 Å². The molecule has 0 radical (unpaired) electrons. The van der Waals surface area contributed by atoms with Gasteiger partial charge in [-0.2, -0.15) is 0 Å². The summed E-state index contributed by atoms with van der Waals surface area (Å²) in [6, 6.07) is 19.3. The van der Waals surface area contributed by atoms with Crippen LogP contribution in [0.1, 0.15) is 37.6 Å². The van der Waals surface area contributed by atoms with Gasteiger partial charge in [0.25, 0.3) is 0 Å². The van der Waals surface area contributed by atoms with E-state index < -0.39 is 11.7 Å². The highest BCUT2D eigenvalue weighted by Gasteiger charge is 2.20. The molecular formula is C21H23NO3. The SMILES string of the molecule is CC(C)(O)CC(O)c1cccc(OCc2ccc3ccccc3n2)c1. The molecule has 0 saturated heterocycles. The lowest BCUT2D eigenvalue weighted by Gasteiger charge is -2.21. The molecule has 1 heterocycles. The monoisotopic (exact) mass is 337 g/mol. The summed E-state index contributed by atoms with van der Waals surface area (Å²) in [7, 11) is 0. The fourth-order valence-corrected chi connectivity index (χ4v) is 2.75. The van der Waals surface area contributed by atoms with E-state index in [1.165, 1.54) is 0 Å². The van der Waals surface area contributed by atoms with Gasteiger partial charge >= 0.3 is 0 Å². The number of fused-ring (bicyclic) bond motifs is 1. The first kappa shape index (κ1) is 17.4. The largest absolute Gasteiger partial charge is 0.487 e. The predicted octanol–water partition coefficient (Wildman–Crippen LogP) is 4.01. The van der Waals surface area contributed by atoms with Crippen LogP contribution in [0.25, 0.3) is 10.9 Å². The first-order chi connectivity index (χ1) is 11.9. The van der Waals surface area contributed by atoms with Crippen molar-refractivity contribution in [3.05, 3.63) is 71.9 Å². The third-order valence-electron chi connectivity index (χ3n) is 3.98. The predicted molar refractivity (Wildman–Crippen MR) is 98.4 cm³/mol. The Morgan fingerprint density at radius 1 is 1.04 bits per heavy atom. The summed E-state index contributed by atoms with van der Waals surface area (Å²) < 4.78 is 5.83. The summed E-state index contributed by atoms with van der Waals surface area (Å²) in [5, 5.41) is 21.2. The van der Waals surface area contributed by atoms with Gasteiger partial charge in [0.2, 0.25) is 0 Å². The number of aromatic nitrogens is 1. The maximum absolute atomic E-state index is 10.3. The summed E-state index contributed by atoms with van der Waals surface area (Å²) in [6.07, 6.45) is -0.467. The molecule has 0 spiro atoms. The molecule has 0 saturated carbocycles. The highest BCUT2D eigenvalue weighted by molar-refractivity contribution is 5.78. The van der Waals surface area contributed by atoms with Crippen molar-refractivity contribution < 1.29 is 14.9 Å². The van der Waals surface area contributed by atoms with Gasteiger partial charge in [0.15, 0.2) is 0 Å². The second-order valence-electron chi connectivity index (χ2n) is 6.89. The van der Waals surface area contributed by atoms with E-state index in [1.807, 2.05) is 54.6 Å². The third kappa shape index (κ3) is 4.78. The molecular weight excluding hydrogens is 314 g/mol. The van der Waals surface area contributed by atoms with Gasteiger partial charge in [0.05, 0.1) is 22.9 Å². The molecule has 1 unspecified atom stereocenters. The molecule has 4 nitrogen and oxygen atoms in total. The molecule has 3 aromatic rings. The van der Waals surface area contributed by atoms with Crippen LogP contribution in [-0.2, 0) is 6.61 Å². The first-order valence-corrected chi connectivity index (χ1v) is 8.39. The van der Waals surface area contributed by atoms with Gasteiger partial charge in [-0.25, -0.2) is 4.98 Å². The minimum atomic E-state index is -0.925. The number of benzene rings is 2. The number of aliphatic hydroxyl groups is 2. The van der Waals surface area contributed by atoms with E-state index in [4.69, 9.17) is 4.74 Å². The summed E-state index contributed by atoms with van der Waals surface area (Å²) in [6.45, 7) is 3.72. The Labute approximate surface area is 147 Å². The molecule has 25 heavy (non-hydrogen) atoms. The fourth-order valence-electron chi connectivity index (χ4n) is 2.75. The van der Waals surface area contributed by atoms with Crippen molar-refractivity contribution in [3.8, 4) is 5.75 Å². The number of hydrogen-bond acceptors (Lipinski definition) is 4. The van der Waals surface area contributed by atoms with Gasteiger partial charge in [-0.3, -0.25) is 0 Å². The molecule has 130 valence electrons. The van der Waals surface area contributed by atoms with Gasteiger partial charge in [0, 0.05) is 11.8 Å². The van der Waals surface area contributed by atoms with Crippen LogP contribution >= 0.6 is 0 Å². The Bertz CT molecular complexity index is 855. The van der Waals surface area contributed by atoms with Crippen LogP contribution < -0.4 is 4.74 Å². The van der Waals surface area contributed by atoms with Crippen LogP contribution in [0.15, 0.2) is 60.7 Å². The van der Waals surface area contributed by atoms with Gasteiger partial charge < -0.3 is 14.9 Å². The Morgan fingerprint density at radius 2 is 1.84 bits per heavy atom. The summed E-state index contributed by atoms with van der Waals surface area (Å²) in [5.74, 6) is 0.669. The number of para-hydroxylation sites is 1. The van der Waals surface area contributed by atoms with Gasteiger partial charge in [-0.05, 0) is 43.7 Å². The van der Waals surface area contributed by atoms with E-state index in [2.05, 4.69) is 4.98 Å². The van der Waals surface area contributed by atoms with E-state index in [-0.39, 0.29) is 6.42 Å². The maximum atomic E-state index is 10.3. The standard InChI is InChI=1S/C21H23NO3/c1-21(2,24)13-20(23)16-7-5-8-18(12-16)25-14-17-11-10-15-6-3-4-9-19(15)22-17/h3-12,20,23-24H,13-14H2,1-2H3. The average molecular weight is 337 g/mol. The lowest BCUT2D eigenvalue weighted by atomic mass is 9.96. The quantitative estimate of drug-likeness (QED) is 0.713. The summed E-state index contributed by atoms with van der Waals surface area (Å²) >= 11 is 0. The zero-order chi connectivity index (χ0) is 17.9. The number of hydrogen-bond donors (Lipinski definition) is 2. The average Bonchev–Trinajstić information content (AvgIpc) is 2.58. The zero-order valence-corrected chi connectivity index (χ0v) is 14.5. The van der Waals surface area contributed by atoms with Crippen LogP contribution in [0.2, 0.25) is 0 Å². The molecule has 0 fully saturated rings. The first-order valence-electron chi connectivity index (χ1n) is 8.39. The maximum Gasteiger partial charge on any atom is 0.130 e. The lowest BCUT2D eigenvalue weighted by Crippen LogP contribution is -2.22. The molecule has 0 aliphatic heterocycles. The number of aliphatic hydroxyl groups excluding tert-OH is 1. The zero-order valence-electron chi connectivity index (χ0n) is 14.5. The molecule has 4 heteroatoms. The Kier molecular flexibility index (Phi) is 5.02. The van der Waals surface area contributed by atoms with Crippen molar-refractivity contribution in [1.29, 1.82) is 0 Å². The lowest BCUT2D eigenvalue weighted by molar-refractivity contribution is 0.0178. The Hall–Kier alpha value is -2.43. The van der Waals surface area contributed by atoms with Crippen LogP contribution in [0.3, 0.4) is 0 Å². The second kappa shape index (κ2) is 7.21. The molecule has 0 aliphatic rings. The fraction of sp³-hybridized carbons (Fsp3) is 0.286. The van der Waals surface area contributed by atoms with Gasteiger partial charge in [0.1, 0.15) is 12.4 Å². The molecule has 0 aliphatic carbocycles. The van der Waals surface area contributed by atoms with Crippen molar-refractivity contribution in [3.63, 3.8) is 0 Å². The van der Waals surface area contributed by atoms with Crippen LogP contribution in [0, 0.1) is 0 Å². The van der Waals surface area contributed by atoms with Gasteiger partial charge in [-0.1, -0.05) is 36.4 Å². The van der Waals surface area contributed by atoms with Gasteiger partial charge in [-0.15, -0.1) is 0 Å². The topological polar surface area (TPSA) is 62.6 Å². The minimum absolute atomic E-state index is 0.267. The van der Waals surface area contributed by atoms with Crippen LogP contribution in [0.5, 0.6) is 5.75 Å². The molecule has 1 aromatic heterocycles. The van der Waals surface area contributed by atoms with E-state index in [0.29, 0.717) is 12.4 Å². The Balaban J connectivity index is 1.69. The summed E-state index contributed by atoms with van der Waals surface area (Å²) in [5.41, 5.74) is 1.59. The number of rotatable bonds is 6. The smallest absolute Gasteiger partial charge is 0.130 e. The second-order valence-corrected chi connectivity index (χ2v) is 6.89. The molecule has 0 bridgehead atoms. The van der Waals surface area contributed by atoms with Crippen molar-refractivity contribution in [2.24, 2.45) is 0 Å². The molecule has 2 N–H and O–H groups in total. The Morgan fingerprint density at radius 3 is 2.64 bits per heavy atom. The van der Waals surface area contributed by atoms with Crippen molar-refractivity contribution >= 4 is 10.9 Å². The molecule has 0 amide bonds. The van der Waals surface area contributed by atoms with E-state index in [9.17, 15) is 10.2 Å². The highest BCUT2D eigenvalue weighted by atomic mass is 16.5. The third-order valence-corrected chi connectivity index (χ3v) is 3.98. The molecule has 2 aromatic carbocycles. The van der Waals surface area contributed by atoms with E-state index in [1.54, 1.807) is 19.9 Å². The molecule has 3 rings (SSSR count). The highest BCUT2D eigenvalue weighted by Crippen LogP contribution is 2.26. The number of pyridine rings is 1. The van der Waals surface area contributed by atoms with Crippen LogP contribution in [-0.4, -0.2) is 20.8 Å². The van der Waals surface area contributed by atoms with E-state index in [0.717, 1.165) is 22.2 Å². The minimum Gasteiger partial charge on any atom is -0.487 e. The normalized spacial score (nSPS) is 13.0. The molecule has 1 atom stereocenters. The van der Waals surface area contributed by atoms with Crippen molar-refractivity contribution in [2.75, 3.05) is 0 Å². The summed E-state index contributed by atoms with van der Waals surface area (Å²) in [4.78, 5) is 4.59. The van der Waals surface area contributed by atoms with Crippen molar-refractivity contribution in [1.82, 2.24) is 4.98 Å². The van der Waals surface area contributed by atoms with E-state index >= 15 is 0 Å². The number of ether oxygens (including phenoxy) is 1. The van der Waals surface area contributed by atoms with Crippen LogP contribution in [0.4, 0.5) is 0 Å². The number of nitrogens with zero attached hydrogens (tertiary/aromatic N) is 1.